The van der Waals surface area contributed by atoms with Crippen LogP contribution in [0.3, 0.4) is 0 Å². The maximum absolute atomic E-state index is 11.3. The van der Waals surface area contributed by atoms with Gasteiger partial charge in [0.2, 0.25) is 5.90 Å². The molecule has 37 heavy (non-hydrogen) atoms. The maximum Gasteiger partial charge on any atom is 0.213 e. The van der Waals surface area contributed by atoms with Gasteiger partial charge in [-0.15, -0.1) is 0 Å². The van der Waals surface area contributed by atoms with Gasteiger partial charge >= 0.3 is 0 Å². The Balaban J connectivity index is 1.41. The van der Waals surface area contributed by atoms with Gasteiger partial charge in [0.15, 0.2) is 0 Å². The molecule has 194 valence electrons. The van der Waals surface area contributed by atoms with Crippen LogP contribution < -0.4 is 10.6 Å². The van der Waals surface area contributed by atoms with Crippen molar-refractivity contribution in [2.45, 2.75) is 51.7 Å². The number of fused-ring (bicyclic) bond motifs is 2. The molecule has 2 aromatic rings. The molecule has 0 bridgehead atoms. The molecule has 0 aromatic heterocycles. The van der Waals surface area contributed by atoms with Gasteiger partial charge in [0.25, 0.3) is 0 Å². The van der Waals surface area contributed by atoms with Gasteiger partial charge < -0.3 is 20.5 Å². The van der Waals surface area contributed by atoms with Crippen LogP contribution in [0.25, 0.3) is 5.70 Å². The van der Waals surface area contributed by atoms with Crippen LogP contribution in [0.2, 0.25) is 0 Å². The number of anilines is 2. The zero-order chi connectivity index (χ0) is 25.4. The molecule has 1 atom stereocenters. The number of phenols is 1. The number of benzene rings is 2. The van der Waals surface area contributed by atoms with Crippen molar-refractivity contribution in [2.75, 3.05) is 43.9 Å². The van der Waals surface area contributed by atoms with E-state index in [9.17, 15) is 5.11 Å². The van der Waals surface area contributed by atoms with Gasteiger partial charge in [0, 0.05) is 41.2 Å². The van der Waals surface area contributed by atoms with E-state index in [1.807, 2.05) is 6.08 Å². The zero-order valence-electron chi connectivity index (χ0n) is 21.9. The van der Waals surface area contributed by atoms with Crippen molar-refractivity contribution < 1.29 is 9.84 Å². The number of aryl methyl sites for hydroxylation is 1. The van der Waals surface area contributed by atoms with Crippen LogP contribution in [0, 0.1) is 6.92 Å². The van der Waals surface area contributed by atoms with Gasteiger partial charge in [-0.05, 0) is 88.6 Å². The Morgan fingerprint density at radius 1 is 1.00 bits per heavy atom. The molecule has 4 aliphatic rings. The predicted octanol–water partition coefficient (Wildman–Crippen LogP) is 5.08. The van der Waals surface area contributed by atoms with Crippen LogP contribution in [-0.2, 0) is 17.8 Å². The van der Waals surface area contributed by atoms with Crippen molar-refractivity contribution in [2.24, 2.45) is 4.99 Å². The first kappa shape index (κ1) is 24.1. The molecule has 0 saturated carbocycles. The third-order valence-electron chi connectivity index (χ3n) is 7.90. The van der Waals surface area contributed by atoms with E-state index in [1.165, 1.54) is 31.2 Å². The van der Waals surface area contributed by atoms with Gasteiger partial charge in [-0.3, -0.25) is 9.80 Å². The summed E-state index contributed by atoms with van der Waals surface area (Å²) in [4.78, 5) is 9.74. The first-order valence-electron chi connectivity index (χ1n) is 13.6. The van der Waals surface area contributed by atoms with Crippen molar-refractivity contribution in [3.05, 3.63) is 70.4 Å². The fourth-order valence-electron chi connectivity index (χ4n) is 5.95. The highest BCUT2D eigenvalue weighted by molar-refractivity contribution is 5.96. The Morgan fingerprint density at radius 2 is 1.65 bits per heavy atom. The first-order chi connectivity index (χ1) is 18.1. The Morgan fingerprint density at radius 3 is 2.27 bits per heavy atom. The van der Waals surface area contributed by atoms with Gasteiger partial charge in [-0.2, -0.15) is 0 Å². The smallest absolute Gasteiger partial charge is 0.213 e. The fraction of sp³-hybridized carbons (Fsp3) is 0.433. The van der Waals surface area contributed by atoms with Crippen LogP contribution in [0.4, 0.5) is 11.4 Å². The van der Waals surface area contributed by atoms with E-state index in [1.54, 1.807) is 7.11 Å². The van der Waals surface area contributed by atoms with Crippen LogP contribution in [0.1, 0.15) is 47.9 Å². The van der Waals surface area contributed by atoms with Crippen LogP contribution in [0.15, 0.2) is 53.2 Å². The lowest BCUT2D eigenvalue weighted by molar-refractivity contribution is 0.312. The summed E-state index contributed by atoms with van der Waals surface area (Å²) in [6.45, 7) is 8.03. The highest BCUT2D eigenvalue weighted by atomic mass is 16.5. The van der Waals surface area contributed by atoms with Gasteiger partial charge in [-0.1, -0.05) is 18.2 Å². The van der Waals surface area contributed by atoms with Crippen molar-refractivity contribution in [1.82, 2.24) is 9.80 Å². The quantitative estimate of drug-likeness (QED) is 0.482. The number of nitrogens with one attached hydrogen (secondary N) is 2. The summed E-state index contributed by atoms with van der Waals surface area (Å²) in [5.41, 5.74) is 8.23. The lowest BCUT2D eigenvalue weighted by atomic mass is 9.95. The summed E-state index contributed by atoms with van der Waals surface area (Å²) < 4.78 is 5.48. The molecule has 0 aliphatic carbocycles. The average Bonchev–Trinajstić information content (AvgIpc) is 3.61. The summed E-state index contributed by atoms with van der Waals surface area (Å²) in [7, 11) is 1.65. The number of phenolic OH excluding ortho intramolecular Hbond substituents is 1. The number of dihydropyridines is 1. The second kappa shape index (κ2) is 10.2. The molecular formula is C30H37N5O2. The molecule has 0 spiro atoms. The van der Waals surface area contributed by atoms with Gasteiger partial charge in [0.05, 0.1) is 24.5 Å². The number of hydrogen-bond acceptors (Lipinski definition) is 7. The predicted molar refractivity (Wildman–Crippen MR) is 150 cm³/mol. The van der Waals surface area contributed by atoms with Gasteiger partial charge in [0.1, 0.15) is 5.75 Å². The minimum Gasteiger partial charge on any atom is -0.507 e. The summed E-state index contributed by atoms with van der Waals surface area (Å²) in [6.07, 6.45) is 8.94. The second-order valence-corrected chi connectivity index (χ2v) is 10.7. The van der Waals surface area contributed by atoms with E-state index in [-0.39, 0.29) is 6.04 Å². The minimum atomic E-state index is -0.0408. The summed E-state index contributed by atoms with van der Waals surface area (Å²) in [5, 5.41) is 18.7. The molecule has 4 heterocycles. The maximum atomic E-state index is 11.3. The van der Waals surface area contributed by atoms with Crippen LogP contribution >= 0.6 is 0 Å². The number of aromatic hydroxyl groups is 1. The molecule has 7 heteroatoms. The topological polar surface area (TPSA) is 72.4 Å². The number of likely N-dealkylation sites (tertiary alicyclic amines) is 2. The van der Waals surface area contributed by atoms with E-state index in [4.69, 9.17) is 9.73 Å². The molecule has 0 radical (unpaired) electrons. The Labute approximate surface area is 219 Å². The minimum absolute atomic E-state index is 0.0408. The molecule has 2 saturated heterocycles. The van der Waals surface area contributed by atoms with Crippen molar-refractivity contribution in [3.63, 3.8) is 0 Å². The lowest BCUT2D eigenvalue weighted by Gasteiger charge is -2.31. The molecule has 2 aromatic carbocycles. The molecule has 1 unspecified atom stereocenters. The van der Waals surface area contributed by atoms with E-state index in [0.29, 0.717) is 11.6 Å². The lowest BCUT2D eigenvalue weighted by Crippen LogP contribution is -2.29. The van der Waals surface area contributed by atoms with Crippen LogP contribution in [-0.4, -0.2) is 60.1 Å². The first-order valence-corrected chi connectivity index (χ1v) is 13.6. The molecule has 3 N–H and O–H groups in total. The Bertz CT molecular complexity index is 1230. The largest absolute Gasteiger partial charge is 0.507 e. The highest BCUT2D eigenvalue weighted by Gasteiger charge is 2.29. The van der Waals surface area contributed by atoms with Gasteiger partial charge in [-0.25, -0.2) is 4.99 Å². The number of aliphatic imine (C=N–C) groups is 1. The highest BCUT2D eigenvalue weighted by Crippen LogP contribution is 2.39. The Kier molecular flexibility index (Phi) is 6.65. The van der Waals surface area contributed by atoms with Crippen molar-refractivity contribution >= 4 is 23.0 Å². The number of ether oxygens (including phenoxy) is 1. The standard InChI is InChI=1S/C30H37N5O2/c1-20-7-8-24-26(15-20)32-25-9-10-27(37-2)33-29(25)28(24)31-23-16-21(18-34-11-3-4-12-34)30(36)22(17-23)19-35-13-5-6-14-35/h7-10,15-17,25,31-32,36H,3-6,11-14,18-19H2,1-2H3. The number of rotatable bonds is 6. The molecule has 4 aliphatic heterocycles. The van der Waals surface area contributed by atoms with E-state index in [2.05, 4.69) is 63.8 Å². The number of hydrogen-bond donors (Lipinski definition) is 3. The molecule has 6 rings (SSSR count). The number of nitrogens with zero attached hydrogens (tertiary/aromatic N) is 3. The monoisotopic (exact) mass is 499 g/mol. The summed E-state index contributed by atoms with van der Waals surface area (Å²) in [6, 6.07) is 10.7. The second-order valence-electron chi connectivity index (χ2n) is 10.7. The SMILES string of the molecule is COC1=NC2=C(Nc3cc(CN4CCCC4)c(O)c(CN4CCCC4)c3)c3ccc(C)cc3NC2C=C1. The summed E-state index contributed by atoms with van der Waals surface area (Å²) in [5.74, 6) is 1.04. The van der Waals surface area contributed by atoms with Crippen molar-refractivity contribution in [1.29, 1.82) is 0 Å². The normalized spacial score (nSPS) is 21.5. The number of methoxy groups -OCH3 is 1. The Hall–Kier alpha value is -3.29. The molecule has 0 amide bonds. The van der Waals surface area contributed by atoms with Crippen molar-refractivity contribution in [3.8, 4) is 5.75 Å². The molecular weight excluding hydrogens is 462 g/mol. The fourth-order valence-corrected chi connectivity index (χ4v) is 5.95. The average molecular weight is 500 g/mol. The van der Waals surface area contributed by atoms with E-state index < -0.39 is 0 Å². The molecule has 7 nitrogen and oxygen atoms in total. The van der Waals surface area contributed by atoms with E-state index in [0.717, 1.165) is 78.7 Å². The third-order valence-corrected chi connectivity index (χ3v) is 7.90. The zero-order valence-corrected chi connectivity index (χ0v) is 21.9. The molecule has 2 fully saturated rings. The van der Waals surface area contributed by atoms with E-state index >= 15 is 0 Å². The van der Waals surface area contributed by atoms with Crippen LogP contribution in [0.5, 0.6) is 5.75 Å². The third kappa shape index (κ3) is 4.98. The summed E-state index contributed by atoms with van der Waals surface area (Å²) >= 11 is 0.